The van der Waals surface area contributed by atoms with E-state index >= 15 is 0 Å². The lowest BCUT2D eigenvalue weighted by atomic mass is 10.2. The lowest BCUT2D eigenvalue weighted by Crippen LogP contribution is -2.43. The number of aliphatic hydroxyl groups is 1. The van der Waals surface area contributed by atoms with Gasteiger partial charge in [-0.15, -0.1) is 0 Å². The van der Waals surface area contributed by atoms with E-state index in [9.17, 15) is 22.8 Å². The summed E-state index contributed by atoms with van der Waals surface area (Å²) in [6.45, 7) is -0.836. The molecule has 0 aliphatic rings. The first-order valence-corrected chi connectivity index (χ1v) is 11.7. The average Bonchev–Trinajstić information content (AvgIpc) is 3.47. The summed E-state index contributed by atoms with van der Waals surface area (Å²) in [5.41, 5.74) is -1.53. The van der Waals surface area contributed by atoms with Crippen molar-refractivity contribution in [2.24, 2.45) is 7.05 Å². The Morgan fingerprint density at radius 1 is 1.00 bits per heavy atom. The fourth-order valence-corrected chi connectivity index (χ4v) is 4.09. The van der Waals surface area contributed by atoms with Crippen molar-refractivity contribution in [1.82, 2.24) is 38.7 Å². The van der Waals surface area contributed by atoms with Crippen molar-refractivity contribution in [3.63, 3.8) is 0 Å². The van der Waals surface area contributed by atoms with Gasteiger partial charge in [0.1, 0.15) is 12.1 Å². The number of rotatable bonds is 8. The minimum atomic E-state index is -1.40. The molecular formula is C23H19ClF3N9O3. The van der Waals surface area contributed by atoms with E-state index in [1.165, 1.54) is 21.8 Å². The maximum atomic E-state index is 14.5. The Kier molecular flexibility index (Phi) is 6.93. The van der Waals surface area contributed by atoms with Gasteiger partial charge in [0.25, 0.3) is 0 Å². The highest BCUT2D eigenvalue weighted by atomic mass is 35.5. The fraction of sp³-hybridized carbons (Fsp3) is 0.217. The highest BCUT2D eigenvalue weighted by molar-refractivity contribution is 6.34. The summed E-state index contributed by atoms with van der Waals surface area (Å²) in [6.07, 6.45) is 3.03. The number of benzene rings is 2. The minimum absolute atomic E-state index is 0.131. The van der Waals surface area contributed by atoms with Gasteiger partial charge in [0.05, 0.1) is 42.5 Å². The first-order chi connectivity index (χ1) is 18.6. The number of aromatic nitrogens is 8. The first kappa shape index (κ1) is 26.1. The molecule has 0 radical (unpaired) electrons. The van der Waals surface area contributed by atoms with Crippen LogP contribution in [0.4, 0.5) is 24.8 Å². The van der Waals surface area contributed by atoms with E-state index in [0.717, 1.165) is 9.13 Å². The van der Waals surface area contributed by atoms with Crippen LogP contribution in [-0.2, 0) is 26.7 Å². The normalized spacial score (nSPS) is 11.4. The predicted octanol–water partition coefficient (Wildman–Crippen LogP) is 1.79. The minimum Gasteiger partial charge on any atom is -0.394 e. The number of hydrogen-bond acceptors (Lipinski definition) is 8. The molecule has 5 aromatic rings. The molecule has 2 aromatic carbocycles. The molecule has 0 saturated carbocycles. The van der Waals surface area contributed by atoms with Crippen molar-refractivity contribution >= 4 is 34.1 Å². The van der Waals surface area contributed by atoms with Gasteiger partial charge in [-0.05, 0) is 18.2 Å². The smallest absolute Gasteiger partial charge is 0.355 e. The van der Waals surface area contributed by atoms with Gasteiger partial charge in [-0.3, -0.25) is 13.9 Å². The third kappa shape index (κ3) is 5.26. The molecule has 5 rings (SSSR count). The van der Waals surface area contributed by atoms with Crippen LogP contribution in [0.15, 0.2) is 46.4 Å². The van der Waals surface area contributed by atoms with Crippen LogP contribution in [-0.4, -0.2) is 50.4 Å². The molecule has 3 aromatic heterocycles. The van der Waals surface area contributed by atoms with Crippen LogP contribution in [0.1, 0.15) is 11.4 Å². The molecule has 12 nitrogen and oxygen atoms in total. The zero-order valence-electron chi connectivity index (χ0n) is 20.1. The van der Waals surface area contributed by atoms with Gasteiger partial charge >= 0.3 is 11.4 Å². The summed E-state index contributed by atoms with van der Waals surface area (Å²) in [7, 11) is 1.60. The number of nitrogens with one attached hydrogen (secondary N) is 1. The Hall–Kier alpha value is -4.50. The molecule has 0 amide bonds. The van der Waals surface area contributed by atoms with Crippen molar-refractivity contribution in [2.75, 3.05) is 11.9 Å². The maximum absolute atomic E-state index is 14.5. The van der Waals surface area contributed by atoms with Crippen molar-refractivity contribution in [2.45, 2.75) is 19.6 Å². The Bertz CT molecular complexity index is 1830. The second-order valence-corrected chi connectivity index (χ2v) is 8.90. The van der Waals surface area contributed by atoms with Gasteiger partial charge in [-0.2, -0.15) is 15.2 Å². The summed E-state index contributed by atoms with van der Waals surface area (Å²) in [5, 5.41) is 21.1. The summed E-state index contributed by atoms with van der Waals surface area (Å²) in [4.78, 5) is 34.3. The molecule has 0 unspecified atom stereocenters. The van der Waals surface area contributed by atoms with Crippen LogP contribution in [0, 0.1) is 17.5 Å². The molecule has 16 heteroatoms. The number of aliphatic hydroxyl groups excluding tert-OH is 1. The van der Waals surface area contributed by atoms with E-state index in [0.29, 0.717) is 23.0 Å². The quantitative estimate of drug-likeness (QED) is 0.274. The highest BCUT2D eigenvalue weighted by Crippen LogP contribution is 2.29. The Labute approximate surface area is 221 Å². The van der Waals surface area contributed by atoms with Crippen molar-refractivity contribution < 1.29 is 18.3 Å². The topological polar surface area (TPSA) is 138 Å². The molecule has 0 aliphatic heterocycles. The number of anilines is 2. The zero-order valence-corrected chi connectivity index (χ0v) is 20.9. The molecular weight excluding hydrogens is 543 g/mol. The van der Waals surface area contributed by atoms with E-state index in [1.54, 1.807) is 19.3 Å². The lowest BCUT2D eigenvalue weighted by Gasteiger charge is -2.16. The lowest BCUT2D eigenvalue weighted by molar-refractivity contribution is 0.270. The number of halogens is 4. The molecule has 2 N–H and O–H groups in total. The predicted molar refractivity (Wildman–Crippen MR) is 133 cm³/mol. The van der Waals surface area contributed by atoms with Gasteiger partial charge in [0.2, 0.25) is 5.95 Å². The van der Waals surface area contributed by atoms with Gasteiger partial charge in [0, 0.05) is 30.3 Å². The Balaban J connectivity index is 1.62. The third-order valence-electron chi connectivity index (χ3n) is 5.73. The van der Waals surface area contributed by atoms with Crippen molar-refractivity contribution in [3.8, 4) is 0 Å². The second-order valence-electron chi connectivity index (χ2n) is 8.50. The number of aryl methyl sites for hydroxylation is 1. The molecule has 3 heterocycles. The molecule has 39 heavy (non-hydrogen) atoms. The van der Waals surface area contributed by atoms with Crippen molar-refractivity contribution in [3.05, 3.63) is 91.6 Å². The molecule has 0 fully saturated rings. The SMILES string of the molecule is Cn1cnc(Cn2c(=O)nc(Nc3cc4cn(CCO)nc4cc3Cl)n(Cc3cc(F)c(F)cc3F)c2=O)n1. The molecule has 0 aliphatic carbocycles. The summed E-state index contributed by atoms with van der Waals surface area (Å²) >= 11 is 6.41. The van der Waals surface area contributed by atoms with Crippen molar-refractivity contribution in [1.29, 1.82) is 0 Å². The van der Waals surface area contributed by atoms with E-state index in [1.807, 2.05) is 0 Å². The Morgan fingerprint density at radius 2 is 1.77 bits per heavy atom. The monoisotopic (exact) mass is 561 g/mol. The summed E-state index contributed by atoms with van der Waals surface area (Å²) in [5.74, 6) is -4.01. The number of nitrogens with zero attached hydrogens (tertiary/aromatic N) is 8. The summed E-state index contributed by atoms with van der Waals surface area (Å²) in [6, 6.07) is 4.08. The van der Waals surface area contributed by atoms with Gasteiger partial charge in [0.15, 0.2) is 17.5 Å². The average molecular weight is 562 g/mol. The van der Waals surface area contributed by atoms with Crippen LogP contribution in [0.3, 0.4) is 0 Å². The Morgan fingerprint density at radius 3 is 2.49 bits per heavy atom. The van der Waals surface area contributed by atoms with Crippen LogP contribution in [0.2, 0.25) is 5.02 Å². The van der Waals surface area contributed by atoms with E-state index < -0.39 is 35.4 Å². The van der Waals surface area contributed by atoms with Crippen LogP contribution < -0.4 is 16.7 Å². The molecule has 202 valence electrons. The maximum Gasteiger partial charge on any atom is 0.355 e. The van der Waals surface area contributed by atoms with Crippen LogP contribution in [0.5, 0.6) is 0 Å². The van der Waals surface area contributed by atoms with E-state index in [4.69, 9.17) is 16.7 Å². The molecule has 0 bridgehead atoms. The van der Waals surface area contributed by atoms with E-state index in [2.05, 4.69) is 25.5 Å². The van der Waals surface area contributed by atoms with Gasteiger partial charge < -0.3 is 10.4 Å². The first-order valence-electron chi connectivity index (χ1n) is 11.4. The van der Waals surface area contributed by atoms with Gasteiger partial charge in [-0.1, -0.05) is 11.6 Å². The summed E-state index contributed by atoms with van der Waals surface area (Å²) < 4.78 is 46.5. The van der Waals surface area contributed by atoms with Crippen LogP contribution in [0.25, 0.3) is 10.9 Å². The third-order valence-corrected chi connectivity index (χ3v) is 6.04. The number of hydrogen-bond donors (Lipinski definition) is 2. The van der Waals surface area contributed by atoms with E-state index in [-0.39, 0.29) is 47.7 Å². The number of fused-ring (bicyclic) bond motifs is 1. The fourth-order valence-electron chi connectivity index (χ4n) is 3.89. The van der Waals surface area contributed by atoms with Crippen LogP contribution >= 0.6 is 11.6 Å². The highest BCUT2D eigenvalue weighted by Gasteiger charge is 2.19. The second kappa shape index (κ2) is 10.3. The largest absolute Gasteiger partial charge is 0.394 e. The zero-order chi connectivity index (χ0) is 27.8. The molecule has 0 atom stereocenters. The molecule has 0 spiro atoms. The standard InChI is InChI=1S/C23H19ClF3N9O3/c1-33-11-28-20(32-33)10-36-22(38)30-21(35(23(36)39)9-12-4-16(26)17(27)7-15(12)25)29-19-5-13-8-34(2-3-37)31-18(13)6-14(19)24/h4-8,11,37H,2-3,9-10H2,1H3,(H,29,30,38). The molecule has 0 saturated heterocycles. The van der Waals surface area contributed by atoms with Gasteiger partial charge in [-0.25, -0.2) is 32.3 Å².